The molecule has 0 radical (unpaired) electrons. The Kier molecular flexibility index (Phi) is 10.9. The summed E-state index contributed by atoms with van der Waals surface area (Å²) in [4.78, 5) is 40.1. The van der Waals surface area contributed by atoms with Gasteiger partial charge in [-0.2, -0.15) is 0 Å². The van der Waals surface area contributed by atoms with Gasteiger partial charge in [-0.3, -0.25) is 9.32 Å². The van der Waals surface area contributed by atoms with E-state index in [9.17, 15) is 9.36 Å². The highest BCUT2D eigenvalue weighted by molar-refractivity contribution is 8.01. The summed E-state index contributed by atoms with van der Waals surface area (Å²) in [5, 5.41) is 0. The first-order valence-electron chi connectivity index (χ1n) is 10.1. The standard InChI is InChI=1S/C21H29N4O6PS/c1-16(25(14-26)13-19-12-23-17(2)24-21(19)22)20(9-11-31-32(27,28)29)33-15-30-10-8-18-6-4-3-5-7-18/h3-7,12,14-15,33H,8-11,13H2,1-2H3,(H2,22,23,24)(H2,27,28,29)/b20-16-. The first-order valence-corrected chi connectivity index (χ1v) is 12.6. The van der Waals surface area contributed by atoms with Crippen LogP contribution in [0, 0.1) is 6.92 Å². The van der Waals surface area contributed by atoms with Gasteiger partial charge in [0.25, 0.3) is 0 Å². The van der Waals surface area contributed by atoms with Crippen LogP contribution in [0.1, 0.15) is 30.3 Å². The van der Waals surface area contributed by atoms with Gasteiger partial charge in [-0.25, -0.2) is 14.5 Å². The Hall–Kier alpha value is -2.40. The maximum absolute atomic E-state index is 11.8. The van der Waals surface area contributed by atoms with Crippen molar-refractivity contribution in [2.45, 2.75) is 33.2 Å². The van der Waals surface area contributed by atoms with E-state index in [-0.39, 0.29) is 25.4 Å². The molecule has 1 aromatic carbocycles. The molecule has 180 valence electrons. The molecule has 4 N–H and O–H groups in total. The number of phosphoric ester groups is 1. The number of aryl methyl sites for hydroxylation is 1. The van der Waals surface area contributed by atoms with E-state index in [0.717, 1.165) is 12.0 Å². The lowest BCUT2D eigenvalue weighted by Gasteiger charge is -2.21. The third kappa shape index (κ3) is 9.95. The molecule has 0 aliphatic heterocycles. The molecule has 0 unspecified atom stereocenters. The van der Waals surface area contributed by atoms with Crippen LogP contribution in [0.15, 0.2) is 47.1 Å². The molecule has 0 fully saturated rings. The summed E-state index contributed by atoms with van der Waals surface area (Å²) in [6.07, 6.45) is 3.14. The number of hydrogen-bond donors (Lipinski definition) is 4. The number of phosphoric acid groups is 1. The molecule has 0 bridgehead atoms. The van der Waals surface area contributed by atoms with Crippen LogP contribution in [-0.2, 0) is 31.6 Å². The van der Waals surface area contributed by atoms with Gasteiger partial charge >= 0.3 is 7.82 Å². The molecule has 0 aliphatic carbocycles. The van der Waals surface area contributed by atoms with Crippen LogP contribution in [0.25, 0.3) is 0 Å². The molecule has 0 spiro atoms. The van der Waals surface area contributed by atoms with E-state index >= 15 is 0 Å². The average molecular weight is 497 g/mol. The van der Waals surface area contributed by atoms with Gasteiger partial charge < -0.3 is 25.2 Å². The van der Waals surface area contributed by atoms with Gasteiger partial charge in [0.05, 0.1) is 25.3 Å². The van der Waals surface area contributed by atoms with E-state index in [1.165, 1.54) is 4.90 Å². The lowest BCUT2D eigenvalue weighted by Crippen LogP contribution is -2.21. The molecule has 2 rings (SSSR count). The first-order chi connectivity index (χ1) is 15.7. The van der Waals surface area contributed by atoms with Crippen molar-refractivity contribution in [3.05, 3.63) is 64.1 Å². The number of benzene rings is 1. The molecule has 33 heavy (non-hydrogen) atoms. The molecular formula is C21H29N4O6PS. The van der Waals surface area contributed by atoms with Gasteiger partial charge in [0.15, 0.2) is 0 Å². The lowest BCUT2D eigenvalue weighted by atomic mass is 10.2. The van der Waals surface area contributed by atoms with E-state index in [4.69, 9.17) is 20.3 Å². The predicted molar refractivity (Wildman–Crippen MR) is 129 cm³/mol. The number of rotatable bonds is 13. The number of allylic oxidation sites excluding steroid dienone is 1. The maximum atomic E-state index is 11.8. The minimum Gasteiger partial charge on any atom is -0.383 e. The number of nitrogens with zero attached hydrogens (tertiary/aromatic N) is 3. The number of amides is 1. The highest BCUT2D eigenvalue weighted by atomic mass is 32.1. The second-order valence-corrected chi connectivity index (χ2v) is 9.26. The molecule has 0 atom stereocenters. The van der Waals surface area contributed by atoms with Crippen LogP contribution >= 0.6 is 19.2 Å². The Morgan fingerprint density at radius 2 is 2.00 bits per heavy atom. The topological polar surface area (TPSA) is 148 Å². The second-order valence-electron chi connectivity index (χ2n) is 7.01. The smallest absolute Gasteiger partial charge is 0.383 e. The molecule has 0 aliphatic rings. The van der Waals surface area contributed by atoms with Crippen molar-refractivity contribution < 1.29 is 28.4 Å². The van der Waals surface area contributed by atoms with Gasteiger partial charge in [0.2, 0.25) is 6.41 Å². The number of carbonyl (C=O) groups is 1. The fourth-order valence-electron chi connectivity index (χ4n) is 2.79. The van der Waals surface area contributed by atoms with Gasteiger partial charge in [0, 0.05) is 23.9 Å². The summed E-state index contributed by atoms with van der Waals surface area (Å²) in [5.41, 5.74) is 9.85. The number of nitrogen functional groups attached to an aromatic ring is 1. The first kappa shape index (κ1) is 26.8. The third-order valence-electron chi connectivity index (χ3n) is 4.57. The zero-order valence-corrected chi connectivity index (χ0v) is 20.3. The van der Waals surface area contributed by atoms with Crippen molar-refractivity contribution in [2.24, 2.45) is 0 Å². The van der Waals surface area contributed by atoms with E-state index in [1.807, 2.05) is 30.3 Å². The van der Waals surface area contributed by atoms with Crippen LogP contribution in [0.4, 0.5) is 5.82 Å². The van der Waals surface area contributed by atoms with Crippen molar-refractivity contribution >= 4 is 37.0 Å². The largest absolute Gasteiger partial charge is 0.469 e. The normalized spacial score (nSPS) is 12.8. The highest BCUT2D eigenvalue weighted by Gasteiger charge is 2.16. The van der Waals surface area contributed by atoms with Crippen LogP contribution in [0.3, 0.4) is 0 Å². The van der Waals surface area contributed by atoms with E-state index in [1.54, 1.807) is 25.6 Å². The Labute approximate surface area is 196 Å². The number of aromatic nitrogens is 2. The average Bonchev–Trinajstić information content (AvgIpc) is 2.76. The zero-order chi connectivity index (χ0) is 24.3. The fourth-order valence-corrected chi connectivity index (χ4v) is 3.97. The molecule has 1 heterocycles. The van der Waals surface area contributed by atoms with E-state index in [2.05, 4.69) is 14.5 Å². The summed E-state index contributed by atoms with van der Waals surface area (Å²) < 4.78 is 21.2. The minimum atomic E-state index is -4.60. The molecule has 0 saturated carbocycles. The molecule has 2 aromatic rings. The third-order valence-corrected chi connectivity index (χ3v) is 6.20. The summed E-state index contributed by atoms with van der Waals surface area (Å²) in [7, 11) is -4.60. The van der Waals surface area contributed by atoms with Crippen molar-refractivity contribution in [1.29, 1.82) is 0 Å². The monoisotopic (exact) mass is 496 g/mol. The molecule has 1 aromatic heterocycles. The quantitative estimate of drug-likeness (QED) is 0.108. The number of hydrogen-bond acceptors (Lipinski definition) is 7. The summed E-state index contributed by atoms with van der Waals surface area (Å²) in [5.74, 6) is 0.805. The van der Waals surface area contributed by atoms with Crippen LogP contribution < -0.4 is 5.73 Å². The van der Waals surface area contributed by atoms with E-state index < -0.39 is 7.82 Å². The van der Waals surface area contributed by atoms with Crippen LogP contribution in [-0.4, -0.2) is 49.8 Å². The van der Waals surface area contributed by atoms with E-state index in [0.29, 0.717) is 46.4 Å². The van der Waals surface area contributed by atoms with Gasteiger partial charge in [0.1, 0.15) is 11.6 Å². The van der Waals surface area contributed by atoms with Gasteiger partial charge in [-0.15, -0.1) is 11.4 Å². The number of nitrogens with two attached hydrogens (primary N) is 1. The van der Waals surface area contributed by atoms with Crippen molar-refractivity contribution in [3.8, 4) is 0 Å². The van der Waals surface area contributed by atoms with Crippen LogP contribution in [0.2, 0.25) is 0 Å². The van der Waals surface area contributed by atoms with Crippen molar-refractivity contribution in [1.82, 2.24) is 14.9 Å². The molecule has 0 saturated heterocycles. The summed E-state index contributed by atoms with van der Waals surface area (Å²) in [6.45, 7) is 3.85. The van der Waals surface area contributed by atoms with Gasteiger partial charge in [-0.05, 0) is 30.7 Å². The fraction of sp³-hybridized carbons (Fsp3) is 0.333. The molecule has 1 amide bonds. The van der Waals surface area contributed by atoms with Crippen molar-refractivity contribution in [2.75, 3.05) is 18.9 Å². The van der Waals surface area contributed by atoms with Crippen LogP contribution in [0.5, 0.6) is 0 Å². The number of anilines is 1. The predicted octanol–water partition coefficient (Wildman–Crippen LogP) is 2.54. The molecular weight excluding hydrogens is 467 g/mol. The Morgan fingerprint density at radius 1 is 1.27 bits per heavy atom. The Balaban J connectivity index is 2.13. The van der Waals surface area contributed by atoms with Gasteiger partial charge in [-0.1, -0.05) is 30.3 Å². The zero-order valence-electron chi connectivity index (χ0n) is 18.5. The Morgan fingerprint density at radius 3 is 2.64 bits per heavy atom. The summed E-state index contributed by atoms with van der Waals surface area (Å²) >= 11 is 0.633. The molecule has 12 heteroatoms. The molecule has 10 nitrogen and oxygen atoms in total. The Bertz CT molecular complexity index is 1030. The maximum Gasteiger partial charge on any atom is 0.469 e. The SMILES string of the molecule is C/C(=C(CCOP(=O)(O)O)/[SH]=C\OCCc1ccccc1)N(C=O)Cc1cnc(C)nc1N. The lowest BCUT2D eigenvalue weighted by molar-refractivity contribution is -0.116. The number of thiol groups is 1. The number of ether oxygens (including phenoxy) is 1. The second kappa shape index (κ2) is 13.3. The summed E-state index contributed by atoms with van der Waals surface area (Å²) in [6, 6.07) is 9.89. The minimum absolute atomic E-state index is 0.148. The number of carbonyl (C=O) groups excluding carboxylic acids is 1. The van der Waals surface area contributed by atoms with Crippen molar-refractivity contribution in [3.63, 3.8) is 0 Å². The highest BCUT2D eigenvalue weighted by Crippen LogP contribution is 2.36.